The number of fused-ring (bicyclic) bond motifs is 1. The number of hydrogen-bond donors (Lipinski definition) is 2. The zero-order chi connectivity index (χ0) is 18.5. The van der Waals surface area contributed by atoms with Crippen LogP contribution in [-0.4, -0.2) is 43.4 Å². The molecular weight excluding hydrogens is 342 g/mol. The van der Waals surface area contributed by atoms with Gasteiger partial charge in [-0.3, -0.25) is 4.79 Å². The van der Waals surface area contributed by atoms with Crippen molar-refractivity contribution in [3.63, 3.8) is 0 Å². The van der Waals surface area contributed by atoms with Crippen molar-refractivity contribution < 1.29 is 23.0 Å². The van der Waals surface area contributed by atoms with E-state index < -0.39 is 11.6 Å². The van der Waals surface area contributed by atoms with Crippen molar-refractivity contribution in [2.75, 3.05) is 26.4 Å². The summed E-state index contributed by atoms with van der Waals surface area (Å²) in [6, 6.07) is 2.17. The number of hydrogen-bond acceptors (Lipinski definition) is 3. The Morgan fingerprint density at radius 3 is 3.00 bits per heavy atom. The van der Waals surface area contributed by atoms with Gasteiger partial charge in [0.15, 0.2) is 0 Å². The van der Waals surface area contributed by atoms with E-state index in [-0.39, 0.29) is 18.6 Å². The van der Waals surface area contributed by atoms with Crippen LogP contribution in [0.15, 0.2) is 12.1 Å². The number of amides is 1. The Balaban J connectivity index is 1.46. The minimum absolute atomic E-state index is 0.0179. The fourth-order valence-electron chi connectivity index (χ4n) is 3.33. The number of aromatic nitrogens is 1. The van der Waals surface area contributed by atoms with Crippen molar-refractivity contribution in [2.24, 2.45) is 0 Å². The molecule has 1 aromatic carbocycles. The van der Waals surface area contributed by atoms with Crippen LogP contribution in [0.5, 0.6) is 0 Å². The highest BCUT2D eigenvalue weighted by molar-refractivity contribution is 5.85. The van der Waals surface area contributed by atoms with Crippen LogP contribution >= 0.6 is 0 Å². The summed E-state index contributed by atoms with van der Waals surface area (Å²) in [4.78, 5) is 14.8. The molecule has 1 fully saturated rings. The number of ether oxygens (including phenoxy) is 2. The molecule has 5 nitrogen and oxygen atoms in total. The normalized spacial score (nSPS) is 17.6. The van der Waals surface area contributed by atoms with Gasteiger partial charge in [-0.1, -0.05) is 0 Å². The lowest BCUT2D eigenvalue weighted by Gasteiger charge is -2.22. The summed E-state index contributed by atoms with van der Waals surface area (Å²) in [7, 11) is 0. The van der Waals surface area contributed by atoms with Crippen LogP contribution in [0.25, 0.3) is 10.9 Å². The minimum Gasteiger partial charge on any atom is -0.376 e. The van der Waals surface area contributed by atoms with Crippen molar-refractivity contribution in [3.05, 3.63) is 35.0 Å². The van der Waals surface area contributed by atoms with Crippen LogP contribution in [0.3, 0.4) is 0 Å². The number of aromatic amines is 1. The number of aryl methyl sites for hydroxylation is 1. The first-order chi connectivity index (χ1) is 12.5. The third-order valence-electron chi connectivity index (χ3n) is 4.65. The average molecular weight is 366 g/mol. The first-order valence-electron chi connectivity index (χ1n) is 8.97. The quantitative estimate of drug-likeness (QED) is 0.792. The molecule has 3 rings (SSSR count). The van der Waals surface area contributed by atoms with Crippen LogP contribution in [0.2, 0.25) is 0 Å². The van der Waals surface area contributed by atoms with Crippen LogP contribution in [0, 0.1) is 18.6 Å². The Kier molecular flexibility index (Phi) is 6.21. The molecule has 0 aliphatic carbocycles. The van der Waals surface area contributed by atoms with Gasteiger partial charge in [0.1, 0.15) is 18.2 Å². The molecular formula is C19H24F2N2O3. The number of H-pyrrole nitrogens is 1. The van der Waals surface area contributed by atoms with Gasteiger partial charge in [-0.25, -0.2) is 8.78 Å². The van der Waals surface area contributed by atoms with Crippen LogP contribution in [-0.2, 0) is 20.7 Å². The van der Waals surface area contributed by atoms with E-state index in [0.29, 0.717) is 30.5 Å². The summed E-state index contributed by atoms with van der Waals surface area (Å²) >= 11 is 0. The summed E-state index contributed by atoms with van der Waals surface area (Å²) in [6.07, 6.45) is 3.74. The first-order valence-corrected chi connectivity index (χ1v) is 8.97. The van der Waals surface area contributed by atoms with E-state index in [1.54, 1.807) is 0 Å². The largest absolute Gasteiger partial charge is 0.376 e. The predicted octanol–water partition coefficient (Wildman–Crippen LogP) is 3.00. The molecule has 0 radical (unpaired) electrons. The Labute approximate surface area is 151 Å². The molecule has 1 saturated heterocycles. The molecule has 2 heterocycles. The summed E-state index contributed by atoms with van der Waals surface area (Å²) in [6.45, 7) is 3.34. The van der Waals surface area contributed by atoms with Gasteiger partial charge < -0.3 is 19.8 Å². The second kappa shape index (κ2) is 8.60. The van der Waals surface area contributed by atoms with Crippen LogP contribution in [0.1, 0.15) is 30.5 Å². The third-order valence-corrected chi connectivity index (χ3v) is 4.65. The number of benzene rings is 1. The van der Waals surface area contributed by atoms with E-state index in [0.717, 1.165) is 43.2 Å². The zero-order valence-corrected chi connectivity index (χ0v) is 14.9. The lowest BCUT2D eigenvalue weighted by molar-refractivity contribution is -0.127. The second-order valence-corrected chi connectivity index (χ2v) is 6.64. The van der Waals surface area contributed by atoms with Crippen molar-refractivity contribution in [2.45, 2.75) is 38.7 Å². The van der Waals surface area contributed by atoms with E-state index in [2.05, 4.69) is 10.3 Å². The predicted molar refractivity (Wildman–Crippen MR) is 94.1 cm³/mol. The molecule has 1 amide bonds. The summed E-state index contributed by atoms with van der Waals surface area (Å²) in [5.74, 6) is -1.44. The van der Waals surface area contributed by atoms with Crippen molar-refractivity contribution >= 4 is 16.8 Å². The Morgan fingerprint density at radius 2 is 2.23 bits per heavy atom. The molecule has 26 heavy (non-hydrogen) atoms. The molecule has 1 aromatic heterocycles. The lowest BCUT2D eigenvalue weighted by Crippen LogP contribution is -2.32. The van der Waals surface area contributed by atoms with Gasteiger partial charge in [0.25, 0.3) is 0 Å². The Bertz CT molecular complexity index is 770. The summed E-state index contributed by atoms with van der Waals surface area (Å²) in [5.41, 5.74) is 1.86. The third kappa shape index (κ3) is 4.59. The van der Waals surface area contributed by atoms with Gasteiger partial charge in [0.05, 0.1) is 18.2 Å². The van der Waals surface area contributed by atoms with E-state index in [9.17, 15) is 13.6 Å². The minimum atomic E-state index is -0.614. The fourth-order valence-corrected chi connectivity index (χ4v) is 3.33. The van der Waals surface area contributed by atoms with E-state index in [1.165, 1.54) is 6.07 Å². The van der Waals surface area contributed by atoms with Crippen LogP contribution in [0.4, 0.5) is 8.78 Å². The maximum atomic E-state index is 13.8. The molecule has 0 bridgehead atoms. The second-order valence-electron chi connectivity index (χ2n) is 6.64. The fraction of sp³-hybridized carbons (Fsp3) is 0.526. The topological polar surface area (TPSA) is 63.4 Å². The number of rotatable bonds is 7. The van der Waals surface area contributed by atoms with E-state index in [4.69, 9.17) is 9.47 Å². The molecule has 2 aromatic rings. The summed E-state index contributed by atoms with van der Waals surface area (Å²) in [5, 5.41) is 3.29. The molecule has 0 unspecified atom stereocenters. The molecule has 1 aliphatic rings. The van der Waals surface area contributed by atoms with Gasteiger partial charge >= 0.3 is 0 Å². The van der Waals surface area contributed by atoms with Crippen molar-refractivity contribution in [3.8, 4) is 0 Å². The first kappa shape index (κ1) is 18.8. The van der Waals surface area contributed by atoms with Gasteiger partial charge in [-0.15, -0.1) is 0 Å². The Morgan fingerprint density at radius 1 is 1.38 bits per heavy atom. The summed E-state index contributed by atoms with van der Waals surface area (Å²) < 4.78 is 38.2. The lowest BCUT2D eigenvalue weighted by atomic mass is 10.1. The van der Waals surface area contributed by atoms with E-state index in [1.807, 2.05) is 6.92 Å². The number of carbonyl (C=O) groups excluding carboxylic acids is 1. The highest BCUT2D eigenvalue weighted by Gasteiger charge is 2.15. The SMILES string of the molecule is Cc1[nH]c2c(F)cc(F)cc2c1CCNC(=O)COC[C@@H]1CCCCO1. The smallest absolute Gasteiger partial charge is 0.246 e. The van der Waals surface area contributed by atoms with Crippen LogP contribution < -0.4 is 5.32 Å². The van der Waals surface area contributed by atoms with Crippen molar-refractivity contribution in [1.82, 2.24) is 10.3 Å². The highest BCUT2D eigenvalue weighted by atomic mass is 19.1. The highest BCUT2D eigenvalue weighted by Crippen LogP contribution is 2.25. The number of carbonyl (C=O) groups is 1. The maximum absolute atomic E-state index is 13.8. The van der Waals surface area contributed by atoms with Crippen molar-refractivity contribution in [1.29, 1.82) is 0 Å². The number of halogens is 2. The van der Waals surface area contributed by atoms with Gasteiger partial charge in [0.2, 0.25) is 5.91 Å². The standard InChI is InChI=1S/C19H24F2N2O3/c1-12-15(16-8-13(20)9-17(21)19(16)23-12)5-6-22-18(24)11-25-10-14-4-2-3-7-26-14/h8-9,14,23H,2-7,10-11H2,1H3,(H,22,24)/t14-/m0/s1. The monoisotopic (exact) mass is 366 g/mol. The van der Waals surface area contributed by atoms with Gasteiger partial charge in [-0.05, 0) is 44.2 Å². The molecule has 2 N–H and O–H groups in total. The Hall–Kier alpha value is -1.99. The zero-order valence-electron chi connectivity index (χ0n) is 14.9. The molecule has 7 heteroatoms. The molecule has 1 aliphatic heterocycles. The maximum Gasteiger partial charge on any atom is 0.246 e. The molecule has 0 spiro atoms. The van der Waals surface area contributed by atoms with Gasteiger partial charge in [0, 0.05) is 30.3 Å². The molecule has 142 valence electrons. The molecule has 1 atom stereocenters. The number of nitrogens with one attached hydrogen (secondary N) is 2. The van der Waals surface area contributed by atoms with Gasteiger partial charge in [-0.2, -0.15) is 0 Å². The van der Waals surface area contributed by atoms with E-state index >= 15 is 0 Å². The average Bonchev–Trinajstić information content (AvgIpc) is 2.92. The molecule has 0 saturated carbocycles.